The van der Waals surface area contributed by atoms with Crippen molar-refractivity contribution in [3.05, 3.63) is 25.3 Å². The Balaban J connectivity index is -0.000000145. The summed E-state index contributed by atoms with van der Waals surface area (Å²) < 4.78 is 20.0. The van der Waals surface area contributed by atoms with Crippen LogP contribution in [-0.2, 0) is 23.7 Å². The van der Waals surface area contributed by atoms with Gasteiger partial charge in [-0.15, -0.1) is 13.2 Å². The fraction of sp³-hybridized carbons (Fsp3) is 0.688. The minimum absolute atomic E-state index is 0. The minimum Gasteiger partial charge on any atom is -0.870 e. The predicted molar refractivity (Wildman–Crippen MR) is 97.2 cm³/mol. The van der Waals surface area contributed by atoms with Crippen molar-refractivity contribution in [1.82, 2.24) is 9.80 Å². The number of hydrogen-bond donors (Lipinski definition) is 2. The van der Waals surface area contributed by atoms with Gasteiger partial charge in [0.25, 0.3) is 0 Å². The van der Waals surface area contributed by atoms with Gasteiger partial charge in [-0.3, -0.25) is 9.80 Å². The molecule has 10 nitrogen and oxygen atoms in total. The maximum absolute atomic E-state index is 8.49. The molecule has 4 N–H and O–H groups in total. The average Bonchev–Trinajstić information content (AvgIpc) is 2.70. The summed E-state index contributed by atoms with van der Waals surface area (Å²) >= 11 is 0. The number of carbonyl (C=O) groups is 1. The molecule has 0 unspecified atom stereocenters. The number of nitrogens with two attached hydrogens (primary N) is 1. The number of ether oxygens (including phenoxy) is 4. The monoisotopic (exact) mass is 403 g/mol. The molecule has 11 heteroatoms. The molecule has 156 valence electrons. The van der Waals surface area contributed by atoms with Gasteiger partial charge in [-0.2, -0.15) is 0 Å². The first-order chi connectivity index (χ1) is 12.3. The van der Waals surface area contributed by atoms with E-state index in [0.717, 1.165) is 19.5 Å². The molecule has 2 fully saturated rings. The number of nitrogens with zero attached hydrogens (tertiary/aromatic N) is 2. The summed E-state index contributed by atoms with van der Waals surface area (Å²) in [5.74, 6) is 0. The molecule has 0 aliphatic carbocycles. The van der Waals surface area contributed by atoms with E-state index in [1.165, 1.54) is 0 Å². The molecule has 0 amide bonds. The number of aliphatic hydroxyl groups is 1. The van der Waals surface area contributed by atoms with Crippen LogP contribution in [0.25, 0.3) is 0 Å². The topological polar surface area (TPSA) is 137 Å². The summed E-state index contributed by atoms with van der Waals surface area (Å²) in [5.41, 5.74) is 4.91. The Kier molecular flexibility index (Phi) is 38.8. The zero-order valence-electron chi connectivity index (χ0n) is 16.5. The van der Waals surface area contributed by atoms with E-state index in [1.807, 2.05) is 22.7 Å². The van der Waals surface area contributed by atoms with Crippen LogP contribution in [0.1, 0.15) is 6.42 Å². The molecule has 0 saturated carbocycles. The van der Waals surface area contributed by atoms with Gasteiger partial charge in [0.15, 0.2) is 0 Å². The number of rotatable bonds is 6. The molecule has 2 heterocycles. The molecule has 2 aliphatic rings. The van der Waals surface area contributed by atoms with Gasteiger partial charge in [-0.1, -0.05) is 12.2 Å². The van der Waals surface area contributed by atoms with Gasteiger partial charge in [0.2, 0.25) is 0 Å². The van der Waals surface area contributed by atoms with Gasteiger partial charge in [-0.05, 0) is 6.42 Å². The van der Waals surface area contributed by atoms with Gasteiger partial charge in [0.1, 0.15) is 47.3 Å². The standard InChI is InChI=1S/C6H13NO3.C6H11NO2.C3H7N.CH2O.Na.H2O/c8-3-1-2-7-4-9-6-10-5-7;1-2-3-7-4-8-6-9-5-7;1-2-3-4;1-2;;/h8H,1-6H2;2H,1,3-6H2;2H,1,3-4H2;1H2;;1H2/q;;;;+1;/p-1. The molecule has 27 heavy (non-hydrogen) atoms. The molecule has 0 radical (unpaired) electrons. The summed E-state index contributed by atoms with van der Waals surface area (Å²) in [6.45, 7) is 14.8. The van der Waals surface area contributed by atoms with Gasteiger partial charge in [0.05, 0.1) is 0 Å². The molecule has 2 rings (SSSR count). The van der Waals surface area contributed by atoms with Crippen LogP contribution in [-0.4, -0.2) is 93.9 Å². The Morgan fingerprint density at radius 1 is 0.926 bits per heavy atom. The molecule has 0 atom stereocenters. The molecule has 0 aromatic carbocycles. The summed E-state index contributed by atoms with van der Waals surface area (Å²) in [7, 11) is 0. The normalized spacial score (nSPS) is 16.2. The third kappa shape index (κ3) is 25.8. The molecular weight excluding hydrogens is 369 g/mol. The van der Waals surface area contributed by atoms with Crippen LogP contribution in [0.4, 0.5) is 0 Å². The summed E-state index contributed by atoms with van der Waals surface area (Å²) in [6, 6.07) is 0. The summed E-state index contributed by atoms with van der Waals surface area (Å²) in [4.78, 5) is 12.0. The van der Waals surface area contributed by atoms with E-state index in [2.05, 4.69) is 13.2 Å². The van der Waals surface area contributed by atoms with Crippen molar-refractivity contribution in [1.29, 1.82) is 0 Å². The molecule has 0 bridgehead atoms. The Morgan fingerprint density at radius 3 is 1.67 bits per heavy atom. The van der Waals surface area contributed by atoms with Gasteiger partial charge < -0.3 is 40.1 Å². The summed E-state index contributed by atoms with van der Waals surface area (Å²) in [5, 5.41) is 8.49. The average molecular weight is 403 g/mol. The van der Waals surface area contributed by atoms with E-state index >= 15 is 0 Å². The molecular formula is C16H34N3NaO7. The minimum atomic E-state index is 0. The van der Waals surface area contributed by atoms with Gasteiger partial charge in [-0.25, -0.2) is 0 Å². The first kappa shape index (κ1) is 34.3. The molecule has 2 saturated heterocycles. The van der Waals surface area contributed by atoms with Crippen molar-refractivity contribution in [2.24, 2.45) is 5.73 Å². The molecule has 0 aromatic rings. The Labute approximate surface area is 184 Å². The Hall–Kier alpha value is -0.210. The first-order valence-corrected chi connectivity index (χ1v) is 7.85. The quantitative estimate of drug-likeness (QED) is 0.344. The Bertz CT molecular complexity index is 293. The van der Waals surface area contributed by atoms with Crippen LogP contribution in [0, 0.1) is 0 Å². The Morgan fingerprint density at radius 2 is 1.33 bits per heavy atom. The molecule has 2 aliphatic heterocycles. The third-order valence-corrected chi connectivity index (χ3v) is 2.62. The number of carbonyl (C=O) groups excluding carboxylic acids is 1. The van der Waals surface area contributed by atoms with E-state index in [1.54, 1.807) is 6.08 Å². The molecule has 0 aromatic heterocycles. The SMILES string of the molecule is C=CCN.C=CCN1COCOC1.C=O.OCCCN1COCOC1.[Na+].[OH-]. The molecule has 0 spiro atoms. The van der Waals surface area contributed by atoms with Crippen LogP contribution in [0.5, 0.6) is 0 Å². The van der Waals surface area contributed by atoms with Crippen molar-refractivity contribution < 1.29 is 63.9 Å². The van der Waals surface area contributed by atoms with Crippen molar-refractivity contribution in [2.75, 3.05) is 66.8 Å². The fourth-order valence-electron chi connectivity index (χ4n) is 1.57. The largest absolute Gasteiger partial charge is 1.00 e. The smallest absolute Gasteiger partial charge is 0.870 e. The predicted octanol–water partition coefficient (Wildman–Crippen LogP) is -3.24. The maximum atomic E-state index is 8.49. The van der Waals surface area contributed by atoms with Crippen LogP contribution in [0.15, 0.2) is 25.3 Å². The number of hydrogen-bond acceptors (Lipinski definition) is 10. The van der Waals surface area contributed by atoms with Crippen LogP contribution < -0.4 is 35.3 Å². The van der Waals surface area contributed by atoms with Crippen molar-refractivity contribution in [2.45, 2.75) is 6.42 Å². The second-order valence-electron chi connectivity index (χ2n) is 4.71. The van der Waals surface area contributed by atoms with Crippen molar-refractivity contribution in [3.8, 4) is 0 Å². The maximum Gasteiger partial charge on any atom is 1.00 e. The second kappa shape index (κ2) is 30.5. The van der Waals surface area contributed by atoms with E-state index in [9.17, 15) is 0 Å². The third-order valence-electron chi connectivity index (χ3n) is 2.62. The second-order valence-corrected chi connectivity index (χ2v) is 4.71. The van der Waals surface area contributed by atoms with E-state index < -0.39 is 0 Å². The van der Waals surface area contributed by atoms with Gasteiger partial charge >= 0.3 is 29.6 Å². The van der Waals surface area contributed by atoms with E-state index in [4.69, 9.17) is 34.6 Å². The van der Waals surface area contributed by atoms with Crippen molar-refractivity contribution >= 4 is 6.79 Å². The van der Waals surface area contributed by atoms with Crippen LogP contribution in [0.2, 0.25) is 0 Å². The van der Waals surface area contributed by atoms with Crippen LogP contribution in [0.3, 0.4) is 0 Å². The van der Waals surface area contributed by atoms with Gasteiger partial charge in [0, 0.05) is 26.2 Å². The summed E-state index contributed by atoms with van der Waals surface area (Å²) in [6.07, 6.45) is 4.27. The zero-order chi connectivity index (χ0) is 19.2. The number of aliphatic hydroxyl groups excluding tert-OH is 1. The van der Waals surface area contributed by atoms with Crippen molar-refractivity contribution in [3.63, 3.8) is 0 Å². The van der Waals surface area contributed by atoms with Crippen LogP contribution >= 0.6 is 0 Å². The fourth-order valence-corrected chi connectivity index (χ4v) is 1.57. The van der Waals surface area contributed by atoms with E-state index in [0.29, 0.717) is 47.1 Å². The van der Waals surface area contributed by atoms with E-state index in [-0.39, 0.29) is 41.6 Å². The first-order valence-electron chi connectivity index (χ1n) is 7.85. The zero-order valence-corrected chi connectivity index (χ0v) is 18.5.